The molecule has 1 unspecified atom stereocenters. The molecular weight excluding hydrogens is 256 g/mol. The summed E-state index contributed by atoms with van der Waals surface area (Å²) >= 11 is 1.73. The van der Waals surface area contributed by atoms with Crippen LogP contribution in [0.1, 0.15) is 45.1 Å². The number of rotatable bonds is 4. The molecule has 2 nitrogen and oxygen atoms in total. The number of thioether (sulfide) groups is 1. The van der Waals surface area contributed by atoms with Crippen LogP contribution < -0.4 is 4.74 Å². The predicted molar refractivity (Wildman–Crippen MR) is 81.1 cm³/mol. The van der Waals surface area contributed by atoms with Gasteiger partial charge in [-0.3, -0.25) is 4.79 Å². The van der Waals surface area contributed by atoms with E-state index in [2.05, 4.69) is 26.8 Å². The van der Waals surface area contributed by atoms with Crippen LogP contribution in [0, 0.1) is 0 Å². The standard InChI is InChI=1S/C16H22O2S/c1-16(2,3)19-11-13(17)10-12-8-9-18-15-7-5-4-6-14(12)15/h4-7,12H,8-11H2,1-3H3. The minimum Gasteiger partial charge on any atom is -0.493 e. The van der Waals surface area contributed by atoms with Gasteiger partial charge < -0.3 is 4.74 Å². The van der Waals surface area contributed by atoms with E-state index in [9.17, 15) is 4.79 Å². The maximum Gasteiger partial charge on any atom is 0.143 e. The SMILES string of the molecule is CC(C)(C)SCC(=O)CC1CCOc2ccccc21. The van der Waals surface area contributed by atoms with Crippen molar-refractivity contribution in [2.45, 2.75) is 44.3 Å². The first-order valence-electron chi connectivity index (χ1n) is 6.83. The van der Waals surface area contributed by atoms with Crippen LogP contribution in [0.3, 0.4) is 0 Å². The molecule has 0 amide bonds. The molecule has 1 aromatic carbocycles. The van der Waals surface area contributed by atoms with Crippen LogP contribution >= 0.6 is 11.8 Å². The first-order valence-corrected chi connectivity index (χ1v) is 7.81. The van der Waals surface area contributed by atoms with E-state index in [0.29, 0.717) is 23.9 Å². The van der Waals surface area contributed by atoms with E-state index in [1.165, 1.54) is 5.56 Å². The average molecular weight is 278 g/mol. The Balaban J connectivity index is 1.95. The molecule has 1 heterocycles. The summed E-state index contributed by atoms with van der Waals surface area (Å²) in [5, 5.41) is 0. The van der Waals surface area contributed by atoms with Gasteiger partial charge in [0.05, 0.1) is 12.4 Å². The van der Waals surface area contributed by atoms with Gasteiger partial charge in [0.1, 0.15) is 11.5 Å². The Morgan fingerprint density at radius 2 is 2.11 bits per heavy atom. The van der Waals surface area contributed by atoms with Gasteiger partial charge in [-0.05, 0) is 24.0 Å². The molecule has 0 radical (unpaired) electrons. The van der Waals surface area contributed by atoms with E-state index in [4.69, 9.17) is 4.74 Å². The third-order valence-electron chi connectivity index (χ3n) is 3.22. The molecule has 2 rings (SSSR count). The number of hydrogen-bond donors (Lipinski definition) is 0. The van der Waals surface area contributed by atoms with Crippen molar-refractivity contribution in [3.05, 3.63) is 29.8 Å². The van der Waals surface area contributed by atoms with Gasteiger partial charge in [-0.15, -0.1) is 11.8 Å². The second-order valence-electron chi connectivity index (χ2n) is 6.02. The molecule has 1 aromatic rings. The number of ether oxygens (including phenoxy) is 1. The Labute approximate surface area is 119 Å². The number of hydrogen-bond acceptors (Lipinski definition) is 3. The number of para-hydroxylation sites is 1. The van der Waals surface area contributed by atoms with E-state index in [-0.39, 0.29) is 4.75 Å². The quantitative estimate of drug-likeness (QED) is 0.831. The Hall–Kier alpha value is -0.960. The molecule has 0 saturated heterocycles. The lowest BCUT2D eigenvalue weighted by molar-refractivity contribution is -0.117. The summed E-state index contributed by atoms with van der Waals surface area (Å²) in [7, 11) is 0. The highest BCUT2D eigenvalue weighted by Gasteiger charge is 2.24. The third kappa shape index (κ3) is 4.27. The fourth-order valence-corrected chi connectivity index (χ4v) is 2.97. The molecule has 0 spiro atoms. The van der Waals surface area contributed by atoms with Gasteiger partial charge in [0.2, 0.25) is 0 Å². The second-order valence-corrected chi connectivity index (χ2v) is 7.82. The van der Waals surface area contributed by atoms with Crippen molar-refractivity contribution < 1.29 is 9.53 Å². The lowest BCUT2D eigenvalue weighted by atomic mass is 9.89. The van der Waals surface area contributed by atoms with Gasteiger partial charge in [-0.25, -0.2) is 0 Å². The largest absolute Gasteiger partial charge is 0.493 e. The molecule has 0 saturated carbocycles. The Morgan fingerprint density at radius 3 is 2.84 bits per heavy atom. The molecule has 104 valence electrons. The molecule has 0 aliphatic carbocycles. The minimum atomic E-state index is 0.156. The van der Waals surface area contributed by atoms with E-state index >= 15 is 0 Å². The van der Waals surface area contributed by atoms with Crippen molar-refractivity contribution in [2.75, 3.05) is 12.4 Å². The third-order valence-corrected chi connectivity index (χ3v) is 4.56. The van der Waals surface area contributed by atoms with Crippen molar-refractivity contribution in [1.29, 1.82) is 0 Å². The van der Waals surface area contributed by atoms with Crippen molar-refractivity contribution >= 4 is 17.5 Å². The number of Topliss-reactive ketones (excluding diaryl/α,β-unsaturated/α-hetero) is 1. The van der Waals surface area contributed by atoms with Crippen LogP contribution in [0.25, 0.3) is 0 Å². The Bertz CT molecular complexity index is 448. The van der Waals surface area contributed by atoms with E-state index in [0.717, 1.165) is 18.8 Å². The van der Waals surface area contributed by atoms with Crippen molar-refractivity contribution in [1.82, 2.24) is 0 Å². The average Bonchev–Trinajstić information content (AvgIpc) is 2.36. The molecule has 3 heteroatoms. The number of carbonyl (C=O) groups is 1. The zero-order chi connectivity index (χ0) is 13.9. The fourth-order valence-electron chi connectivity index (χ4n) is 2.26. The van der Waals surface area contributed by atoms with Crippen LogP contribution in [0.15, 0.2) is 24.3 Å². The topological polar surface area (TPSA) is 26.3 Å². The van der Waals surface area contributed by atoms with Crippen LogP contribution in [0.4, 0.5) is 0 Å². The van der Waals surface area contributed by atoms with Gasteiger partial charge in [-0.2, -0.15) is 0 Å². The first-order chi connectivity index (χ1) is 8.96. The lowest BCUT2D eigenvalue weighted by Gasteiger charge is -2.25. The fraction of sp³-hybridized carbons (Fsp3) is 0.562. The molecule has 1 aliphatic heterocycles. The molecular formula is C16H22O2S. The highest BCUT2D eigenvalue weighted by Crippen LogP contribution is 2.36. The molecule has 0 N–H and O–H groups in total. The zero-order valence-corrected chi connectivity index (χ0v) is 12.8. The molecule has 0 aromatic heterocycles. The highest BCUT2D eigenvalue weighted by molar-refractivity contribution is 8.01. The van der Waals surface area contributed by atoms with Crippen LogP contribution in [-0.4, -0.2) is 22.9 Å². The minimum absolute atomic E-state index is 0.156. The molecule has 0 bridgehead atoms. The molecule has 1 aliphatic rings. The van der Waals surface area contributed by atoms with E-state index < -0.39 is 0 Å². The predicted octanol–water partition coefficient (Wildman–Crippen LogP) is 4.04. The van der Waals surface area contributed by atoms with Crippen LogP contribution in [0.2, 0.25) is 0 Å². The number of ketones is 1. The van der Waals surface area contributed by atoms with E-state index in [1.54, 1.807) is 11.8 Å². The normalized spacial score (nSPS) is 18.6. The van der Waals surface area contributed by atoms with Gasteiger partial charge in [-0.1, -0.05) is 39.0 Å². The van der Waals surface area contributed by atoms with Crippen molar-refractivity contribution in [2.24, 2.45) is 0 Å². The summed E-state index contributed by atoms with van der Waals surface area (Å²) in [5.41, 5.74) is 1.20. The summed E-state index contributed by atoms with van der Waals surface area (Å²) < 4.78 is 5.79. The van der Waals surface area contributed by atoms with Gasteiger partial charge in [0.15, 0.2) is 0 Å². The summed E-state index contributed by atoms with van der Waals surface area (Å²) in [6.07, 6.45) is 1.59. The molecule has 0 fully saturated rings. The monoisotopic (exact) mass is 278 g/mol. The Morgan fingerprint density at radius 1 is 1.37 bits per heavy atom. The maximum atomic E-state index is 12.1. The first kappa shape index (κ1) is 14.4. The van der Waals surface area contributed by atoms with E-state index in [1.807, 2.05) is 18.2 Å². The number of carbonyl (C=O) groups excluding carboxylic acids is 1. The van der Waals surface area contributed by atoms with Crippen LogP contribution in [0.5, 0.6) is 5.75 Å². The summed E-state index contributed by atoms with van der Waals surface area (Å²) in [5.74, 6) is 2.25. The van der Waals surface area contributed by atoms with Crippen molar-refractivity contribution in [3.63, 3.8) is 0 Å². The lowest BCUT2D eigenvalue weighted by Crippen LogP contribution is -2.19. The molecule has 1 atom stereocenters. The number of benzene rings is 1. The van der Waals surface area contributed by atoms with Gasteiger partial charge >= 0.3 is 0 Å². The summed E-state index contributed by atoms with van der Waals surface area (Å²) in [6.45, 7) is 7.17. The van der Waals surface area contributed by atoms with Crippen LogP contribution in [-0.2, 0) is 4.79 Å². The number of fused-ring (bicyclic) bond motifs is 1. The molecule has 19 heavy (non-hydrogen) atoms. The van der Waals surface area contributed by atoms with Crippen molar-refractivity contribution in [3.8, 4) is 5.75 Å². The highest BCUT2D eigenvalue weighted by atomic mass is 32.2. The smallest absolute Gasteiger partial charge is 0.143 e. The second kappa shape index (κ2) is 6.00. The van der Waals surface area contributed by atoms with Gasteiger partial charge in [0.25, 0.3) is 0 Å². The van der Waals surface area contributed by atoms with Gasteiger partial charge in [0, 0.05) is 11.2 Å². The summed E-state index contributed by atoms with van der Waals surface area (Å²) in [4.78, 5) is 12.1. The zero-order valence-electron chi connectivity index (χ0n) is 11.9. The summed E-state index contributed by atoms with van der Waals surface area (Å²) in [6, 6.07) is 8.09. The Kier molecular flexibility index (Phi) is 4.56. The maximum absolute atomic E-state index is 12.1.